The number of aliphatic hydroxyl groups is 1. The zero-order chi connectivity index (χ0) is 15.6. The zero-order valence-electron chi connectivity index (χ0n) is 10.5. The van der Waals surface area contributed by atoms with Gasteiger partial charge in [0.1, 0.15) is 4.90 Å². The van der Waals surface area contributed by atoms with E-state index in [9.17, 15) is 8.42 Å². The fourth-order valence-electron chi connectivity index (χ4n) is 1.63. The van der Waals surface area contributed by atoms with Gasteiger partial charge in [0.15, 0.2) is 0 Å². The van der Waals surface area contributed by atoms with Gasteiger partial charge in [-0.2, -0.15) is 0 Å². The van der Waals surface area contributed by atoms with Gasteiger partial charge in [-0.3, -0.25) is 4.72 Å². The molecule has 0 aromatic heterocycles. The average molecular weight is 411 g/mol. The lowest BCUT2D eigenvalue weighted by Gasteiger charge is -2.12. The quantitative estimate of drug-likeness (QED) is 0.798. The Morgan fingerprint density at radius 1 is 1.14 bits per heavy atom. The predicted octanol–water partition coefficient (Wildman–Crippen LogP) is 4.05. The molecule has 2 aromatic rings. The summed E-state index contributed by atoms with van der Waals surface area (Å²) in [5.74, 6) is 0. The molecule has 0 saturated heterocycles. The normalized spacial score (nSPS) is 11.4. The van der Waals surface area contributed by atoms with Gasteiger partial charge in [-0.1, -0.05) is 29.3 Å². The molecule has 0 unspecified atom stereocenters. The van der Waals surface area contributed by atoms with E-state index in [-0.39, 0.29) is 22.2 Å². The maximum absolute atomic E-state index is 12.4. The molecule has 0 amide bonds. The first-order chi connectivity index (χ1) is 9.83. The van der Waals surface area contributed by atoms with Gasteiger partial charge in [0.2, 0.25) is 0 Å². The lowest BCUT2D eigenvalue weighted by Crippen LogP contribution is -2.14. The van der Waals surface area contributed by atoms with Gasteiger partial charge in [-0.05, 0) is 51.8 Å². The van der Waals surface area contributed by atoms with Gasteiger partial charge in [0, 0.05) is 9.50 Å². The number of benzene rings is 2. The van der Waals surface area contributed by atoms with E-state index in [0.717, 1.165) is 0 Å². The molecule has 0 aliphatic heterocycles. The molecular weight excluding hydrogens is 401 g/mol. The molecule has 0 radical (unpaired) electrons. The van der Waals surface area contributed by atoms with Crippen molar-refractivity contribution in [3.05, 3.63) is 56.5 Å². The smallest absolute Gasteiger partial charge is 0.263 e. The fourth-order valence-corrected chi connectivity index (χ4v) is 4.11. The summed E-state index contributed by atoms with van der Waals surface area (Å²) >= 11 is 15.0. The van der Waals surface area contributed by atoms with Crippen molar-refractivity contribution < 1.29 is 13.5 Å². The van der Waals surface area contributed by atoms with Crippen LogP contribution < -0.4 is 4.72 Å². The molecule has 2 aromatic carbocycles. The Kier molecular flexibility index (Phi) is 5.16. The van der Waals surface area contributed by atoms with Crippen LogP contribution in [0.1, 0.15) is 5.56 Å². The van der Waals surface area contributed by atoms with E-state index in [4.69, 9.17) is 28.3 Å². The van der Waals surface area contributed by atoms with Crippen molar-refractivity contribution in [2.75, 3.05) is 4.72 Å². The van der Waals surface area contributed by atoms with Crippen LogP contribution in [0.5, 0.6) is 0 Å². The molecule has 0 spiro atoms. The topological polar surface area (TPSA) is 66.4 Å². The van der Waals surface area contributed by atoms with E-state index in [2.05, 4.69) is 20.7 Å². The summed E-state index contributed by atoms with van der Waals surface area (Å²) in [6.07, 6.45) is 0. The first-order valence-corrected chi connectivity index (χ1v) is 8.74. The van der Waals surface area contributed by atoms with Crippen LogP contribution in [0.15, 0.2) is 45.8 Å². The van der Waals surface area contributed by atoms with Crippen LogP contribution in [-0.4, -0.2) is 13.5 Å². The fraction of sp³-hybridized carbons (Fsp3) is 0.0769. The number of rotatable bonds is 4. The summed E-state index contributed by atoms with van der Waals surface area (Å²) < 4.78 is 27.6. The maximum atomic E-state index is 12.4. The van der Waals surface area contributed by atoms with Crippen molar-refractivity contribution in [1.82, 2.24) is 0 Å². The molecule has 2 N–H and O–H groups in total. The van der Waals surface area contributed by atoms with Crippen LogP contribution in [-0.2, 0) is 16.6 Å². The summed E-state index contributed by atoms with van der Waals surface area (Å²) in [6.45, 7) is -0.256. The van der Waals surface area contributed by atoms with Crippen LogP contribution in [0, 0.1) is 0 Å². The summed E-state index contributed by atoms with van der Waals surface area (Å²) in [7, 11) is -3.87. The lowest BCUT2D eigenvalue weighted by molar-refractivity contribution is 0.281. The number of anilines is 1. The van der Waals surface area contributed by atoms with Crippen LogP contribution in [0.3, 0.4) is 0 Å². The van der Waals surface area contributed by atoms with Crippen molar-refractivity contribution in [2.24, 2.45) is 0 Å². The molecule has 21 heavy (non-hydrogen) atoms. The van der Waals surface area contributed by atoms with Crippen molar-refractivity contribution >= 4 is 54.8 Å². The Morgan fingerprint density at radius 3 is 2.52 bits per heavy atom. The molecule has 0 heterocycles. The number of sulfonamides is 1. The van der Waals surface area contributed by atoms with Crippen LogP contribution in [0.25, 0.3) is 0 Å². The van der Waals surface area contributed by atoms with Gasteiger partial charge >= 0.3 is 0 Å². The Morgan fingerprint density at radius 2 is 1.86 bits per heavy atom. The summed E-state index contributed by atoms with van der Waals surface area (Å²) in [6, 6.07) is 9.04. The minimum atomic E-state index is -3.87. The second kappa shape index (κ2) is 6.54. The average Bonchev–Trinajstić information content (AvgIpc) is 2.43. The molecule has 8 heteroatoms. The highest BCUT2D eigenvalue weighted by Gasteiger charge is 2.19. The third kappa shape index (κ3) is 3.90. The highest BCUT2D eigenvalue weighted by molar-refractivity contribution is 9.10. The van der Waals surface area contributed by atoms with Gasteiger partial charge in [0.25, 0.3) is 10.0 Å². The zero-order valence-corrected chi connectivity index (χ0v) is 14.4. The van der Waals surface area contributed by atoms with Gasteiger partial charge in [0.05, 0.1) is 17.3 Å². The molecular formula is C13H10BrCl2NO3S. The van der Waals surface area contributed by atoms with E-state index in [1.165, 1.54) is 18.2 Å². The van der Waals surface area contributed by atoms with Crippen molar-refractivity contribution in [3.63, 3.8) is 0 Å². The third-order valence-corrected chi connectivity index (χ3v) is 5.56. The number of halogens is 3. The first kappa shape index (κ1) is 16.6. The van der Waals surface area contributed by atoms with Gasteiger partial charge < -0.3 is 5.11 Å². The second-order valence-electron chi connectivity index (χ2n) is 4.15. The summed E-state index contributed by atoms with van der Waals surface area (Å²) in [5, 5.41) is 9.71. The molecule has 0 bridgehead atoms. The highest BCUT2D eigenvalue weighted by atomic mass is 79.9. The van der Waals surface area contributed by atoms with Crippen LogP contribution >= 0.6 is 39.1 Å². The van der Waals surface area contributed by atoms with E-state index >= 15 is 0 Å². The molecule has 0 aliphatic carbocycles. The summed E-state index contributed by atoms with van der Waals surface area (Å²) in [5.41, 5.74) is 0.668. The molecule has 4 nitrogen and oxygen atoms in total. The Balaban J connectivity index is 2.45. The number of hydrogen-bond donors (Lipinski definition) is 2. The predicted molar refractivity (Wildman–Crippen MR) is 87.3 cm³/mol. The van der Waals surface area contributed by atoms with Crippen LogP contribution in [0.2, 0.25) is 10.0 Å². The van der Waals surface area contributed by atoms with Gasteiger partial charge in [-0.25, -0.2) is 8.42 Å². The van der Waals surface area contributed by atoms with Crippen LogP contribution in [0.4, 0.5) is 5.69 Å². The Bertz CT molecular complexity index is 781. The number of hydrogen-bond acceptors (Lipinski definition) is 3. The molecule has 2 rings (SSSR count). The monoisotopic (exact) mass is 409 g/mol. The number of nitrogens with one attached hydrogen (secondary N) is 1. The molecule has 0 atom stereocenters. The molecule has 0 fully saturated rings. The second-order valence-corrected chi connectivity index (χ2v) is 7.50. The Labute approximate surface area is 140 Å². The number of aliphatic hydroxyl groups excluding tert-OH is 1. The molecule has 112 valence electrons. The summed E-state index contributed by atoms with van der Waals surface area (Å²) in [4.78, 5) is 0.00471. The van der Waals surface area contributed by atoms with E-state index in [0.29, 0.717) is 15.1 Å². The largest absolute Gasteiger partial charge is 0.392 e. The maximum Gasteiger partial charge on any atom is 0.263 e. The SMILES string of the molecule is O=S(=O)(Nc1cc(Cl)ccc1Cl)c1cc(CO)ccc1Br. The van der Waals surface area contributed by atoms with Crippen molar-refractivity contribution in [1.29, 1.82) is 0 Å². The highest BCUT2D eigenvalue weighted by Crippen LogP contribution is 2.30. The van der Waals surface area contributed by atoms with E-state index in [1.54, 1.807) is 18.2 Å². The third-order valence-electron chi connectivity index (χ3n) is 2.64. The van der Waals surface area contributed by atoms with E-state index in [1.807, 2.05) is 0 Å². The lowest BCUT2D eigenvalue weighted by atomic mass is 10.2. The first-order valence-electron chi connectivity index (χ1n) is 5.70. The molecule has 0 aliphatic rings. The Hall–Kier alpha value is -0.790. The van der Waals surface area contributed by atoms with Crippen molar-refractivity contribution in [2.45, 2.75) is 11.5 Å². The standard InChI is InChI=1S/C13H10BrCl2NO3S/c14-10-3-1-8(7-18)5-13(10)21(19,20)17-12-6-9(15)2-4-11(12)16/h1-6,17-18H,7H2. The van der Waals surface area contributed by atoms with Crippen molar-refractivity contribution in [3.8, 4) is 0 Å². The van der Waals surface area contributed by atoms with Gasteiger partial charge in [-0.15, -0.1) is 0 Å². The van der Waals surface area contributed by atoms with E-state index < -0.39 is 10.0 Å². The molecule has 0 saturated carbocycles. The minimum Gasteiger partial charge on any atom is -0.392 e. The minimum absolute atomic E-state index is 0.00471.